The molecule has 1 amide bonds. The van der Waals surface area contributed by atoms with Gasteiger partial charge < -0.3 is 5.32 Å². The summed E-state index contributed by atoms with van der Waals surface area (Å²) in [5.74, 6) is -0.967. The second-order valence-electron chi connectivity index (χ2n) is 4.14. The first kappa shape index (κ1) is 17.2. The lowest BCUT2D eigenvalue weighted by Gasteiger charge is -2.10. The second-order valence-corrected chi connectivity index (χ2v) is 8.22. The lowest BCUT2D eigenvalue weighted by Crippen LogP contribution is -2.22. The number of carbonyl (C=O) groups excluding carboxylic acids is 1. The average molecular weight is 361 g/mol. The minimum absolute atomic E-state index is 0.0432. The van der Waals surface area contributed by atoms with Crippen molar-refractivity contribution in [2.75, 3.05) is 11.1 Å². The van der Waals surface area contributed by atoms with E-state index in [0.29, 0.717) is 4.34 Å². The zero-order valence-electron chi connectivity index (χ0n) is 11.8. The molecular weight excluding hydrogens is 348 g/mol. The molecule has 0 radical (unpaired) electrons. The predicted molar refractivity (Wildman–Crippen MR) is 86.6 cm³/mol. The molecule has 1 unspecified atom stereocenters. The Morgan fingerprint density at radius 1 is 1.36 bits per heavy atom. The number of aromatic nitrogens is 2. The highest BCUT2D eigenvalue weighted by molar-refractivity contribution is 8.03. The van der Waals surface area contributed by atoms with Crippen molar-refractivity contribution < 1.29 is 13.6 Å². The van der Waals surface area contributed by atoms with Crippen molar-refractivity contribution in [2.24, 2.45) is 0 Å². The van der Waals surface area contributed by atoms with E-state index >= 15 is 0 Å². The Morgan fingerprint density at radius 2 is 2.09 bits per heavy atom. The number of amides is 1. The monoisotopic (exact) mass is 361 g/mol. The van der Waals surface area contributed by atoms with Crippen molar-refractivity contribution in [1.29, 1.82) is 0 Å². The summed E-state index contributed by atoms with van der Waals surface area (Å²) >= 11 is 4.25. The van der Waals surface area contributed by atoms with Crippen LogP contribution in [0.5, 0.6) is 0 Å². The number of hydrogen-bond acceptors (Lipinski definition) is 6. The summed E-state index contributed by atoms with van der Waals surface area (Å²) in [5, 5.41) is 9.97. The molecule has 0 saturated heterocycles. The molecule has 1 aromatic carbocycles. The molecule has 2 rings (SSSR count). The van der Waals surface area contributed by atoms with Crippen molar-refractivity contribution in [3.63, 3.8) is 0 Å². The van der Waals surface area contributed by atoms with E-state index in [1.165, 1.54) is 29.2 Å². The number of nitrogens with one attached hydrogen (secondary N) is 1. The van der Waals surface area contributed by atoms with Crippen LogP contribution >= 0.6 is 34.9 Å². The Balaban J connectivity index is 1.96. The average Bonchev–Trinajstić information content (AvgIpc) is 2.89. The standard InChI is InChI=1S/C13H13F2N3OS3/c1-3-20-12-17-18-13(22-12)21-7(2)11(19)16-10-5-4-8(14)6-9(10)15/h4-7H,3H2,1-2H3,(H,16,19). The third-order valence-electron chi connectivity index (χ3n) is 2.49. The molecule has 0 fully saturated rings. The Morgan fingerprint density at radius 3 is 2.77 bits per heavy atom. The first-order valence-corrected chi connectivity index (χ1v) is 9.06. The van der Waals surface area contributed by atoms with Crippen molar-refractivity contribution in [3.05, 3.63) is 29.8 Å². The SMILES string of the molecule is CCSc1nnc(SC(C)C(=O)Nc2ccc(F)cc2F)s1. The fourth-order valence-electron chi connectivity index (χ4n) is 1.46. The number of nitrogens with zero attached hydrogens (tertiary/aromatic N) is 2. The fraction of sp³-hybridized carbons (Fsp3) is 0.308. The van der Waals surface area contributed by atoms with Crippen molar-refractivity contribution in [1.82, 2.24) is 10.2 Å². The Kier molecular flexibility index (Phi) is 6.16. The summed E-state index contributed by atoms with van der Waals surface area (Å²) < 4.78 is 27.9. The van der Waals surface area contributed by atoms with Crippen LogP contribution in [0.2, 0.25) is 0 Å². The van der Waals surface area contributed by atoms with Gasteiger partial charge in [-0.25, -0.2) is 8.78 Å². The largest absolute Gasteiger partial charge is 0.323 e. The molecule has 1 atom stereocenters. The maximum absolute atomic E-state index is 13.5. The number of thioether (sulfide) groups is 2. The van der Waals surface area contributed by atoms with Gasteiger partial charge in [-0.1, -0.05) is 41.8 Å². The van der Waals surface area contributed by atoms with Crippen LogP contribution in [-0.4, -0.2) is 27.1 Å². The first-order valence-electron chi connectivity index (χ1n) is 6.38. The van der Waals surface area contributed by atoms with Crippen LogP contribution in [0.25, 0.3) is 0 Å². The van der Waals surface area contributed by atoms with Gasteiger partial charge in [0.1, 0.15) is 11.6 Å². The van der Waals surface area contributed by atoms with E-state index < -0.39 is 16.9 Å². The molecule has 1 aromatic heterocycles. The normalized spacial score (nSPS) is 12.2. The molecule has 0 aliphatic carbocycles. The molecule has 0 aliphatic rings. The van der Waals surface area contributed by atoms with E-state index in [1.807, 2.05) is 6.92 Å². The van der Waals surface area contributed by atoms with Crippen molar-refractivity contribution in [2.45, 2.75) is 27.8 Å². The molecular formula is C13H13F2N3OS3. The Hall–Kier alpha value is -1.19. The zero-order valence-corrected chi connectivity index (χ0v) is 14.2. The van der Waals surface area contributed by atoms with Crippen molar-refractivity contribution >= 4 is 46.5 Å². The smallest absolute Gasteiger partial charge is 0.237 e. The molecule has 0 spiro atoms. The molecule has 1 N–H and O–H groups in total. The van der Waals surface area contributed by atoms with Crippen LogP contribution in [0, 0.1) is 11.6 Å². The van der Waals surface area contributed by atoms with E-state index in [4.69, 9.17) is 0 Å². The predicted octanol–water partition coefficient (Wildman–Crippen LogP) is 4.05. The van der Waals surface area contributed by atoms with Crippen molar-refractivity contribution in [3.8, 4) is 0 Å². The minimum atomic E-state index is -0.803. The molecule has 2 aromatic rings. The molecule has 0 aliphatic heterocycles. The van der Waals surface area contributed by atoms with Gasteiger partial charge in [-0.05, 0) is 24.8 Å². The molecule has 22 heavy (non-hydrogen) atoms. The quantitative estimate of drug-likeness (QED) is 0.787. The molecule has 0 bridgehead atoms. The Labute approximate surface area is 139 Å². The van der Waals surface area contributed by atoms with Crippen LogP contribution in [0.1, 0.15) is 13.8 Å². The van der Waals surface area contributed by atoms with E-state index in [2.05, 4.69) is 15.5 Å². The second kappa shape index (κ2) is 7.89. The summed E-state index contributed by atoms with van der Waals surface area (Å²) in [6.45, 7) is 3.71. The lowest BCUT2D eigenvalue weighted by molar-refractivity contribution is -0.115. The maximum Gasteiger partial charge on any atom is 0.237 e. The van der Waals surface area contributed by atoms with E-state index in [9.17, 15) is 13.6 Å². The van der Waals surface area contributed by atoms with Crippen LogP contribution < -0.4 is 5.32 Å². The van der Waals surface area contributed by atoms with Gasteiger partial charge in [0.05, 0.1) is 10.9 Å². The third kappa shape index (κ3) is 4.65. The van der Waals surface area contributed by atoms with E-state index in [1.54, 1.807) is 18.7 Å². The summed E-state index contributed by atoms with van der Waals surface area (Å²) in [7, 11) is 0. The number of rotatable bonds is 6. The molecule has 118 valence electrons. The third-order valence-corrected chi connectivity index (χ3v) is 5.61. The number of benzene rings is 1. The van der Waals surface area contributed by atoms with Crippen LogP contribution in [-0.2, 0) is 4.79 Å². The number of carbonyl (C=O) groups is 1. The van der Waals surface area contributed by atoms with E-state index in [-0.39, 0.29) is 11.6 Å². The van der Waals surface area contributed by atoms with Gasteiger partial charge in [0.2, 0.25) is 5.91 Å². The highest BCUT2D eigenvalue weighted by Crippen LogP contribution is 2.31. The summed E-state index contributed by atoms with van der Waals surface area (Å²) in [5.41, 5.74) is -0.0432. The highest BCUT2D eigenvalue weighted by Gasteiger charge is 2.18. The number of hydrogen-bond donors (Lipinski definition) is 1. The summed E-state index contributed by atoms with van der Waals surface area (Å²) in [6.07, 6.45) is 0. The van der Waals surface area contributed by atoms with Gasteiger partial charge in [-0.2, -0.15) is 0 Å². The molecule has 4 nitrogen and oxygen atoms in total. The minimum Gasteiger partial charge on any atom is -0.323 e. The maximum atomic E-state index is 13.5. The fourth-order valence-corrected chi connectivity index (χ4v) is 4.52. The first-order chi connectivity index (χ1) is 10.5. The van der Waals surface area contributed by atoms with Gasteiger partial charge in [0, 0.05) is 6.07 Å². The van der Waals surface area contributed by atoms with E-state index in [0.717, 1.165) is 22.2 Å². The summed E-state index contributed by atoms with van der Waals surface area (Å²) in [4.78, 5) is 12.0. The number of halogens is 2. The zero-order chi connectivity index (χ0) is 16.1. The molecule has 9 heteroatoms. The van der Waals surface area contributed by atoms with Gasteiger partial charge >= 0.3 is 0 Å². The van der Waals surface area contributed by atoms with Gasteiger partial charge in [0.25, 0.3) is 0 Å². The summed E-state index contributed by atoms with van der Waals surface area (Å²) in [6, 6.07) is 3.02. The van der Waals surface area contributed by atoms with Gasteiger partial charge in [-0.15, -0.1) is 10.2 Å². The Bertz CT molecular complexity index is 666. The topological polar surface area (TPSA) is 54.9 Å². The number of anilines is 1. The molecule has 1 heterocycles. The lowest BCUT2D eigenvalue weighted by atomic mass is 10.3. The van der Waals surface area contributed by atoms with Gasteiger partial charge in [0.15, 0.2) is 8.68 Å². The van der Waals surface area contributed by atoms with Crippen LogP contribution in [0.15, 0.2) is 26.9 Å². The van der Waals surface area contributed by atoms with Crippen LogP contribution in [0.3, 0.4) is 0 Å². The molecule has 0 saturated carbocycles. The van der Waals surface area contributed by atoms with Crippen LogP contribution in [0.4, 0.5) is 14.5 Å². The van der Waals surface area contributed by atoms with Gasteiger partial charge in [-0.3, -0.25) is 4.79 Å². The highest BCUT2D eigenvalue weighted by atomic mass is 32.2.